The molecule has 1 heterocycles. The summed E-state index contributed by atoms with van der Waals surface area (Å²) in [6.45, 7) is 1.97. The maximum atomic E-state index is 12.1. The van der Waals surface area contributed by atoms with E-state index in [1.807, 2.05) is 0 Å². The highest BCUT2D eigenvalue weighted by Gasteiger charge is 2.15. The van der Waals surface area contributed by atoms with Crippen molar-refractivity contribution in [2.24, 2.45) is 0 Å². The van der Waals surface area contributed by atoms with Crippen molar-refractivity contribution in [3.63, 3.8) is 0 Å². The fraction of sp³-hybridized carbons (Fsp3) is 0.167. The van der Waals surface area contributed by atoms with Gasteiger partial charge in [0.25, 0.3) is 0 Å². The second-order valence-corrected chi connectivity index (χ2v) is 5.88. The summed E-state index contributed by atoms with van der Waals surface area (Å²) < 4.78 is 11.3. The van der Waals surface area contributed by atoms with Crippen LogP contribution >= 0.6 is 11.6 Å². The number of benzene rings is 2. The van der Waals surface area contributed by atoms with Gasteiger partial charge in [0.2, 0.25) is 0 Å². The van der Waals surface area contributed by atoms with Crippen LogP contribution in [0.25, 0.3) is 11.1 Å². The summed E-state index contributed by atoms with van der Waals surface area (Å²) in [5.74, 6) is -2.32. The SMILES string of the molecule is CCOC(=O)C(=O)Nc1cccc(Cn2c(=O)oc3cc(Cl)ccc32)c1. The summed E-state index contributed by atoms with van der Waals surface area (Å²) in [7, 11) is 0. The van der Waals surface area contributed by atoms with Crippen LogP contribution in [-0.2, 0) is 20.9 Å². The first-order chi connectivity index (χ1) is 12.5. The van der Waals surface area contributed by atoms with E-state index in [1.165, 1.54) is 4.57 Å². The number of rotatable bonds is 4. The molecule has 7 nitrogen and oxygen atoms in total. The number of aromatic nitrogens is 1. The van der Waals surface area contributed by atoms with Crippen LogP contribution < -0.4 is 11.1 Å². The van der Waals surface area contributed by atoms with Gasteiger partial charge in [-0.05, 0) is 36.8 Å². The van der Waals surface area contributed by atoms with Gasteiger partial charge in [-0.25, -0.2) is 9.59 Å². The van der Waals surface area contributed by atoms with Gasteiger partial charge in [0.05, 0.1) is 18.7 Å². The lowest BCUT2D eigenvalue weighted by Gasteiger charge is -2.07. The maximum Gasteiger partial charge on any atom is 0.420 e. The minimum atomic E-state index is -0.952. The third-order valence-corrected chi connectivity index (χ3v) is 3.85. The van der Waals surface area contributed by atoms with E-state index in [2.05, 4.69) is 10.1 Å². The molecule has 3 aromatic rings. The third-order valence-electron chi connectivity index (χ3n) is 3.62. The summed E-state index contributed by atoms with van der Waals surface area (Å²) in [6, 6.07) is 11.8. The molecule has 0 aliphatic heterocycles. The third kappa shape index (κ3) is 3.78. The van der Waals surface area contributed by atoms with Gasteiger partial charge < -0.3 is 14.5 Å². The number of nitrogens with one attached hydrogen (secondary N) is 1. The van der Waals surface area contributed by atoms with Crippen LogP contribution in [0.3, 0.4) is 0 Å². The normalized spacial score (nSPS) is 10.7. The molecule has 0 unspecified atom stereocenters. The zero-order valence-corrected chi connectivity index (χ0v) is 14.6. The van der Waals surface area contributed by atoms with E-state index in [1.54, 1.807) is 49.4 Å². The van der Waals surface area contributed by atoms with Crippen LogP contribution in [0.1, 0.15) is 12.5 Å². The first-order valence-corrected chi connectivity index (χ1v) is 8.21. The second-order valence-electron chi connectivity index (χ2n) is 5.44. The van der Waals surface area contributed by atoms with Gasteiger partial charge in [-0.2, -0.15) is 0 Å². The number of amides is 1. The number of oxazole rings is 1. The average Bonchev–Trinajstić information content (AvgIpc) is 2.90. The molecular formula is C18H15ClN2O5. The van der Waals surface area contributed by atoms with E-state index in [0.29, 0.717) is 21.8 Å². The maximum absolute atomic E-state index is 12.1. The molecule has 134 valence electrons. The molecule has 0 saturated heterocycles. The number of halogens is 1. The predicted octanol–water partition coefficient (Wildman–Crippen LogP) is 2.80. The Morgan fingerprint density at radius 2 is 2.04 bits per heavy atom. The molecule has 0 spiro atoms. The molecule has 26 heavy (non-hydrogen) atoms. The van der Waals surface area contributed by atoms with E-state index in [9.17, 15) is 14.4 Å². The Labute approximate surface area is 153 Å². The fourth-order valence-corrected chi connectivity index (χ4v) is 2.66. The van der Waals surface area contributed by atoms with Gasteiger partial charge in [-0.1, -0.05) is 23.7 Å². The Kier molecular flexibility index (Phi) is 5.09. The molecule has 1 aromatic heterocycles. The lowest BCUT2D eigenvalue weighted by molar-refractivity contribution is -0.152. The number of ether oxygens (including phenoxy) is 1. The van der Waals surface area contributed by atoms with E-state index in [-0.39, 0.29) is 13.2 Å². The summed E-state index contributed by atoms with van der Waals surface area (Å²) >= 11 is 5.91. The zero-order chi connectivity index (χ0) is 18.7. The van der Waals surface area contributed by atoms with Crippen molar-refractivity contribution < 1.29 is 18.7 Å². The Hall–Kier alpha value is -3.06. The highest BCUT2D eigenvalue weighted by atomic mass is 35.5. The number of anilines is 1. The number of fused-ring (bicyclic) bond motifs is 1. The van der Waals surface area contributed by atoms with Crippen LogP contribution in [0.5, 0.6) is 0 Å². The largest absolute Gasteiger partial charge is 0.459 e. The van der Waals surface area contributed by atoms with E-state index in [0.717, 1.165) is 5.56 Å². The predicted molar refractivity (Wildman–Crippen MR) is 96.3 cm³/mol. The molecule has 0 saturated carbocycles. The molecule has 3 rings (SSSR count). The number of nitrogens with zero attached hydrogens (tertiary/aromatic N) is 1. The minimum Gasteiger partial charge on any atom is -0.459 e. The Balaban J connectivity index is 1.84. The van der Waals surface area contributed by atoms with Gasteiger partial charge >= 0.3 is 17.6 Å². The summed E-state index contributed by atoms with van der Waals surface area (Å²) in [6.07, 6.45) is 0. The molecule has 1 amide bonds. The van der Waals surface area contributed by atoms with E-state index in [4.69, 9.17) is 16.0 Å². The van der Waals surface area contributed by atoms with E-state index < -0.39 is 17.6 Å². The number of carbonyl (C=O) groups is 2. The second kappa shape index (κ2) is 7.45. The van der Waals surface area contributed by atoms with Crippen molar-refractivity contribution >= 4 is 40.3 Å². The van der Waals surface area contributed by atoms with Crippen LogP contribution in [0.2, 0.25) is 5.02 Å². The van der Waals surface area contributed by atoms with Gasteiger partial charge in [-0.15, -0.1) is 0 Å². The number of carbonyl (C=O) groups excluding carboxylic acids is 2. The lowest BCUT2D eigenvalue weighted by atomic mass is 10.2. The first-order valence-electron chi connectivity index (χ1n) is 7.84. The molecule has 0 fully saturated rings. The molecular weight excluding hydrogens is 360 g/mol. The smallest absolute Gasteiger partial charge is 0.420 e. The molecule has 0 atom stereocenters. The summed E-state index contributed by atoms with van der Waals surface area (Å²) in [4.78, 5) is 35.2. The Bertz CT molecular complexity index is 1040. The van der Waals surface area contributed by atoms with Crippen molar-refractivity contribution in [3.8, 4) is 0 Å². The number of hydrogen-bond acceptors (Lipinski definition) is 5. The zero-order valence-electron chi connectivity index (χ0n) is 13.8. The fourth-order valence-electron chi connectivity index (χ4n) is 2.50. The molecule has 1 N–H and O–H groups in total. The molecule has 0 bridgehead atoms. The van der Waals surface area contributed by atoms with Crippen molar-refractivity contribution in [2.75, 3.05) is 11.9 Å². The quantitative estimate of drug-likeness (QED) is 0.560. The van der Waals surface area contributed by atoms with Crippen LogP contribution in [0, 0.1) is 0 Å². The van der Waals surface area contributed by atoms with Gasteiger partial charge in [-0.3, -0.25) is 9.36 Å². The van der Waals surface area contributed by atoms with Gasteiger partial charge in [0, 0.05) is 16.8 Å². The van der Waals surface area contributed by atoms with Crippen molar-refractivity contribution in [1.29, 1.82) is 0 Å². The molecule has 2 aromatic carbocycles. The van der Waals surface area contributed by atoms with Gasteiger partial charge in [0.15, 0.2) is 5.58 Å². The monoisotopic (exact) mass is 374 g/mol. The topological polar surface area (TPSA) is 90.5 Å². The van der Waals surface area contributed by atoms with Gasteiger partial charge in [0.1, 0.15) is 0 Å². The highest BCUT2D eigenvalue weighted by Crippen LogP contribution is 2.20. The average molecular weight is 375 g/mol. The van der Waals surface area contributed by atoms with Crippen LogP contribution in [0.15, 0.2) is 51.7 Å². The summed E-state index contributed by atoms with van der Waals surface area (Å²) in [5.41, 5.74) is 2.17. The highest BCUT2D eigenvalue weighted by molar-refractivity contribution is 6.37. The Morgan fingerprint density at radius 3 is 2.81 bits per heavy atom. The van der Waals surface area contributed by atoms with Crippen molar-refractivity contribution in [2.45, 2.75) is 13.5 Å². The standard InChI is InChI=1S/C18H15ClN2O5/c1-2-25-17(23)16(22)20-13-5-3-4-11(8-13)10-21-14-7-6-12(19)9-15(14)26-18(21)24/h3-9H,2,10H2,1H3,(H,20,22). The first kappa shape index (κ1) is 17.8. The molecule has 0 aliphatic rings. The molecule has 0 aliphatic carbocycles. The molecule has 0 radical (unpaired) electrons. The van der Waals surface area contributed by atoms with Crippen molar-refractivity contribution in [3.05, 3.63) is 63.6 Å². The van der Waals surface area contributed by atoms with Crippen LogP contribution in [-0.4, -0.2) is 23.1 Å². The lowest BCUT2D eigenvalue weighted by Crippen LogP contribution is -2.25. The minimum absolute atomic E-state index is 0.118. The number of esters is 1. The molecule has 8 heteroatoms. The Morgan fingerprint density at radius 1 is 1.23 bits per heavy atom. The van der Waals surface area contributed by atoms with E-state index >= 15 is 0 Å². The van der Waals surface area contributed by atoms with Crippen molar-refractivity contribution in [1.82, 2.24) is 4.57 Å². The summed E-state index contributed by atoms with van der Waals surface area (Å²) in [5, 5.41) is 2.94. The number of hydrogen-bond donors (Lipinski definition) is 1. The van der Waals surface area contributed by atoms with Crippen LogP contribution in [0.4, 0.5) is 5.69 Å².